The molecule has 3 aromatic rings. The van der Waals surface area contributed by atoms with Crippen molar-refractivity contribution in [2.24, 2.45) is 0 Å². The molecule has 0 spiro atoms. The van der Waals surface area contributed by atoms with Crippen LogP contribution in [0.25, 0.3) is 10.1 Å². The molecule has 170 valence electrons. The van der Waals surface area contributed by atoms with Crippen LogP contribution in [0.4, 0.5) is 18.9 Å². The van der Waals surface area contributed by atoms with Gasteiger partial charge in [-0.25, -0.2) is 4.79 Å². The van der Waals surface area contributed by atoms with Crippen LogP contribution in [0.5, 0.6) is 5.75 Å². The number of benzene rings is 2. The van der Waals surface area contributed by atoms with Gasteiger partial charge in [0.05, 0.1) is 22.9 Å². The number of fused-ring (bicyclic) bond motifs is 1. The maximum Gasteiger partial charge on any atom is 0.416 e. The molecule has 1 N–H and O–H groups in total. The summed E-state index contributed by atoms with van der Waals surface area (Å²) in [6.45, 7) is -0.469. The van der Waals surface area contributed by atoms with Crippen LogP contribution in [0.1, 0.15) is 15.2 Å². The largest absolute Gasteiger partial charge is 0.489 e. The van der Waals surface area contributed by atoms with Gasteiger partial charge in [-0.3, -0.25) is 4.79 Å². The molecule has 0 aliphatic heterocycles. The second-order valence-electron chi connectivity index (χ2n) is 6.42. The Bertz CT molecular complexity index is 1130. The number of esters is 1. The number of carbonyl (C=O) groups excluding carboxylic acids is 2. The van der Waals surface area contributed by atoms with Crippen molar-refractivity contribution in [1.29, 1.82) is 0 Å². The van der Waals surface area contributed by atoms with E-state index in [-0.39, 0.29) is 34.6 Å². The lowest BCUT2D eigenvalue weighted by atomic mass is 10.1. The first-order valence-electron chi connectivity index (χ1n) is 9.17. The van der Waals surface area contributed by atoms with Crippen LogP contribution in [0, 0.1) is 0 Å². The standard InChI is InChI=1S/C21H17ClF3NO5S/c1-29-8-9-30-15-7-6-12(21(23,24)25)10-14(15)26-17(27)11-31-20(28)19-18(22)13-4-2-3-5-16(13)32-19/h2-7,10H,8-9,11H2,1H3,(H,26,27). The van der Waals surface area contributed by atoms with Crippen molar-refractivity contribution in [3.63, 3.8) is 0 Å². The number of amides is 1. The molecule has 11 heteroatoms. The van der Waals surface area contributed by atoms with Gasteiger partial charge in [0.2, 0.25) is 0 Å². The zero-order valence-electron chi connectivity index (χ0n) is 16.6. The minimum atomic E-state index is -4.62. The Morgan fingerprint density at radius 1 is 1.12 bits per heavy atom. The van der Waals surface area contributed by atoms with Crippen LogP contribution in [0.3, 0.4) is 0 Å². The number of nitrogens with one attached hydrogen (secondary N) is 1. The Balaban J connectivity index is 1.70. The Morgan fingerprint density at radius 2 is 1.88 bits per heavy atom. The third-order valence-electron chi connectivity index (χ3n) is 4.18. The molecule has 6 nitrogen and oxygen atoms in total. The van der Waals surface area contributed by atoms with Crippen LogP contribution < -0.4 is 10.1 Å². The van der Waals surface area contributed by atoms with E-state index in [4.69, 9.17) is 25.8 Å². The molecular weight excluding hydrogens is 471 g/mol. The second-order valence-corrected chi connectivity index (χ2v) is 7.85. The van der Waals surface area contributed by atoms with Crippen LogP contribution in [-0.2, 0) is 20.4 Å². The third-order valence-corrected chi connectivity index (χ3v) is 5.84. The summed E-state index contributed by atoms with van der Waals surface area (Å²) in [6.07, 6.45) is -4.62. The first-order chi connectivity index (χ1) is 15.2. The summed E-state index contributed by atoms with van der Waals surface area (Å²) in [5.74, 6) is -1.64. The molecule has 0 aliphatic rings. The number of thiophene rings is 1. The number of anilines is 1. The quantitative estimate of drug-likeness (QED) is 0.340. The molecule has 0 bridgehead atoms. The number of hydrogen-bond donors (Lipinski definition) is 1. The number of carbonyl (C=O) groups is 2. The minimum Gasteiger partial charge on any atom is -0.489 e. The molecule has 0 saturated heterocycles. The first kappa shape index (κ1) is 23.8. The number of alkyl halides is 3. The van der Waals surface area contributed by atoms with E-state index in [1.165, 1.54) is 7.11 Å². The van der Waals surface area contributed by atoms with E-state index in [0.29, 0.717) is 5.39 Å². The lowest BCUT2D eigenvalue weighted by Gasteiger charge is -2.15. The van der Waals surface area contributed by atoms with Gasteiger partial charge in [-0.15, -0.1) is 11.3 Å². The smallest absolute Gasteiger partial charge is 0.416 e. The highest BCUT2D eigenvalue weighted by molar-refractivity contribution is 7.21. The predicted octanol–water partition coefficient (Wildman–Crippen LogP) is 5.39. The Hall–Kier alpha value is -2.82. The maximum atomic E-state index is 13.1. The first-order valence-corrected chi connectivity index (χ1v) is 10.4. The van der Waals surface area contributed by atoms with E-state index in [9.17, 15) is 22.8 Å². The van der Waals surface area contributed by atoms with Gasteiger partial charge in [-0.1, -0.05) is 29.8 Å². The van der Waals surface area contributed by atoms with Gasteiger partial charge in [-0.2, -0.15) is 13.2 Å². The molecule has 1 heterocycles. The zero-order chi connectivity index (χ0) is 23.3. The molecule has 0 atom stereocenters. The van der Waals surface area contributed by atoms with E-state index in [1.807, 2.05) is 0 Å². The summed E-state index contributed by atoms with van der Waals surface area (Å²) < 4.78 is 55.1. The summed E-state index contributed by atoms with van der Waals surface area (Å²) in [5, 5.41) is 3.18. The summed E-state index contributed by atoms with van der Waals surface area (Å²) in [6, 6.07) is 9.76. The van der Waals surface area contributed by atoms with E-state index < -0.39 is 30.2 Å². The highest BCUT2D eigenvalue weighted by Crippen LogP contribution is 2.36. The monoisotopic (exact) mass is 487 g/mol. The van der Waals surface area contributed by atoms with Crippen LogP contribution in [0.2, 0.25) is 5.02 Å². The fourth-order valence-corrected chi connectivity index (χ4v) is 4.10. The lowest BCUT2D eigenvalue weighted by molar-refractivity contribution is -0.137. The molecule has 32 heavy (non-hydrogen) atoms. The van der Waals surface area contributed by atoms with Gasteiger partial charge >= 0.3 is 12.1 Å². The van der Waals surface area contributed by atoms with Crippen molar-refractivity contribution >= 4 is 50.6 Å². The number of hydrogen-bond acceptors (Lipinski definition) is 6. The fourth-order valence-electron chi connectivity index (χ4n) is 2.69. The van der Waals surface area contributed by atoms with E-state index in [0.717, 1.165) is 34.2 Å². The second kappa shape index (κ2) is 10.2. The summed E-state index contributed by atoms with van der Waals surface area (Å²) in [5.41, 5.74) is -1.18. The molecular formula is C21H17ClF3NO5S. The van der Waals surface area contributed by atoms with Crippen molar-refractivity contribution in [3.05, 3.63) is 57.9 Å². The van der Waals surface area contributed by atoms with Crippen LogP contribution >= 0.6 is 22.9 Å². The van der Waals surface area contributed by atoms with Crippen molar-refractivity contribution < 1.29 is 37.0 Å². The van der Waals surface area contributed by atoms with Crippen molar-refractivity contribution in [2.45, 2.75) is 6.18 Å². The highest BCUT2D eigenvalue weighted by Gasteiger charge is 2.31. The van der Waals surface area contributed by atoms with Crippen molar-refractivity contribution in [1.82, 2.24) is 0 Å². The summed E-state index contributed by atoms with van der Waals surface area (Å²) >= 11 is 7.33. The Labute approximate surface area is 189 Å². The molecule has 1 aromatic heterocycles. The topological polar surface area (TPSA) is 73.9 Å². The van der Waals surface area contributed by atoms with Crippen LogP contribution in [-0.4, -0.2) is 38.8 Å². The molecule has 3 rings (SSSR count). The van der Waals surface area contributed by atoms with Gasteiger partial charge < -0.3 is 19.5 Å². The van der Waals surface area contributed by atoms with Gasteiger partial charge in [0, 0.05) is 17.2 Å². The van der Waals surface area contributed by atoms with Crippen molar-refractivity contribution in [2.75, 3.05) is 32.2 Å². The normalized spacial score (nSPS) is 11.4. The predicted molar refractivity (Wildman–Crippen MR) is 115 cm³/mol. The molecule has 0 saturated carbocycles. The van der Waals surface area contributed by atoms with Gasteiger partial charge in [-0.05, 0) is 24.3 Å². The summed E-state index contributed by atoms with van der Waals surface area (Å²) in [7, 11) is 1.44. The SMILES string of the molecule is COCCOc1ccc(C(F)(F)F)cc1NC(=O)COC(=O)c1sc2ccccc2c1Cl. The number of halogens is 4. The maximum absolute atomic E-state index is 13.1. The van der Waals surface area contributed by atoms with Gasteiger partial charge in [0.15, 0.2) is 6.61 Å². The number of rotatable bonds is 8. The van der Waals surface area contributed by atoms with E-state index in [2.05, 4.69) is 5.32 Å². The number of methoxy groups -OCH3 is 1. The van der Waals surface area contributed by atoms with Crippen molar-refractivity contribution in [3.8, 4) is 5.75 Å². The average molecular weight is 488 g/mol. The van der Waals surface area contributed by atoms with Gasteiger partial charge in [0.1, 0.15) is 17.2 Å². The molecule has 0 fully saturated rings. The lowest BCUT2D eigenvalue weighted by Crippen LogP contribution is -2.21. The number of ether oxygens (including phenoxy) is 3. The fraction of sp³-hybridized carbons (Fsp3) is 0.238. The van der Waals surface area contributed by atoms with E-state index in [1.54, 1.807) is 24.3 Å². The van der Waals surface area contributed by atoms with E-state index >= 15 is 0 Å². The van der Waals surface area contributed by atoms with Crippen LogP contribution in [0.15, 0.2) is 42.5 Å². The zero-order valence-corrected chi connectivity index (χ0v) is 18.2. The highest BCUT2D eigenvalue weighted by atomic mass is 35.5. The molecule has 0 unspecified atom stereocenters. The Morgan fingerprint density at radius 3 is 2.56 bits per heavy atom. The third kappa shape index (κ3) is 5.70. The summed E-state index contributed by atoms with van der Waals surface area (Å²) in [4.78, 5) is 24.8. The minimum absolute atomic E-state index is 0.0160. The molecule has 0 aliphatic carbocycles. The van der Waals surface area contributed by atoms with Gasteiger partial charge in [0.25, 0.3) is 5.91 Å². The average Bonchev–Trinajstić information content (AvgIpc) is 3.09. The Kier molecular flexibility index (Phi) is 7.60. The molecule has 2 aromatic carbocycles. The molecule has 0 radical (unpaired) electrons. The molecule has 1 amide bonds.